The predicted octanol–water partition coefficient (Wildman–Crippen LogP) is 2.07. The van der Waals surface area contributed by atoms with Crippen molar-refractivity contribution in [3.8, 4) is 0 Å². The fraction of sp³-hybridized carbons (Fsp3) is 0.600. The summed E-state index contributed by atoms with van der Waals surface area (Å²) in [5, 5.41) is 6.43. The van der Waals surface area contributed by atoms with Gasteiger partial charge in [-0.15, -0.1) is 0 Å². The number of fused-ring (bicyclic) bond motifs is 2. The highest BCUT2D eigenvalue weighted by molar-refractivity contribution is 5.84. The van der Waals surface area contributed by atoms with Crippen LogP contribution in [-0.4, -0.2) is 41.9 Å². The van der Waals surface area contributed by atoms with Crippen molar-refractivity contribution in [3.63, 3.8) is 0 Å². The second-order valence-corrected chi connectivity index (χ2v) is 7.35. The van der Waals surface area contributed by atoms with Crippen molar-refractivity contribution in [1.82, 2.24) is 15.5 Å². The molecule has 2 fully saturated rings. The van der Waals surface area contributed by atoms with Gasteiger partial charge in [-0.2, -0.15) is 0 Å². The average Bonchev–Trinajstić information content (AvgIpc) is 2.97. The Morgan fingerprint density at radius 2 is 1.84 bits per heavy atom. The Hall–Kier alpha value is -1.88. The van der Waals surface area contributed by atoms with Crippen molar-refractivity contribution in [1.29, 1.82) is 0 Å². The zero-order valence-electron chi connectivity index (χ0n) is 15.0. The lowest BCUT2D eigenvalue weighted by molar-refractivity contribution is -0.133. The van der Waals surface area contributed by atoms with Gasteiger partial charge in [0.1, 0.15) is 0 Å². The summed E-state index contributed by atoms with van der Waals surface area (Å²) in [6.45, 7) is 3.29. The van der Waals surface area contributed by atoms with E-state index in [-0.39, 0.29) is 18.4 Å². The summed E-state index contributed by atoms with van der Waals surface area (Å²) < 4.78 is 0. The van der Waals surface area contributed by atoms with Crippen LogP contribution in [0.3, 0.4) is 0 Å². The molecule has 2 aliphatic rings. The maximum absolute atomic E-state index is 12.4. The molecule has 25 heavy (non-hydrogen) atoms. The third-order valence-electron chi connectivity index (χ3n) is 5.43. The Labute approximate surface area is 150 Å². The quantitative estimate of drug-likeness (QED) is 0.797. The minimum Gasteiger partial charge on any atom is -0.347 e. The van der Waals surface area contributed by atoms with Crippen molar-refractivity contribution in [2.75, 3.05) is 13.1 Å². The van der Waals surface area contributed by atoms with Crippen LogP contribution in [0, 0.1) is 5.92 Å². The number of hydrogen-bond acceptors (Lipinski definition) is 3. The molecule has 5 heteroatoms. The SMILES string of the molecule is CCN(Cc1ccccc1)C(=O)CNC(=O)CC1CC2CCC(C1)N2. The molecule has 0 aromatic heterocycles. The lowest BCUT2D eigenvalue weighted by atomic mass is 9.89. The van der Waals surface area contributed by atoms with Gasteiger partial charge >= 0.3 is 0 Å². The van der Waals surface area contributed by atoms with Crippen molar-refractivity contribution in [3.05, 3.63) is 35.9 Å². The molecule has 2 heterocycles. The first kappa shape index (κ1) is 17.9. The molecule has 5 nitrogen and oxygen atoms in total. The number of hydrogen-bond donors (Lipinski definition) is 2. The number of likely N-dealkylation sites (N-methyl/N-ethyl adjacent to an activating group) is 1. The molecule has 0 spiro atoms. The minimum atomic E-state index is -0.0231. The Morgan fingerprint density at radius 1 is 1.16 bits per heavy atom. The number of carbonyl (C=O) groups excluding carboxylic acids is 2. The first-order valence-corrected chi connectivity index (χ1v) is 9.48. The highest BCUT2D eigenvalue weighted by Crippen LogP contribution is 2.32. The molecule has 0 radical (unpaired) electrons. The topological polar surface area (TPSA) is 61.4 Å². The summed E-state index contributed by atoms with van der Waals surface area (Å²) in [6.07, 6.45) is 5.21. The Balaban J connectivity index is 1.42. The second-order valence-electron chi connectivity index (χ2n) is 7.35. The molecule has 2 bridgehead atoms. The molecule has 2 unspecified atom stereocenters. The van der Waals surface area contributed by atoms with Gasteiger partial charge < -0.3 is 15.5 Å². The summed E-state index contributed by atoms with van der Waals surface area (Å²) in [6, 6.07) is 11.1. The van der Waals surface area contributed by atoms with E-state index < -0.39 is 0 Å². The molecule has 136 valence electrons. The van der Waals surface area contributed by atoms with E-state index in [2.05, 4.69) is 10.6 Å². The van der Waals surface area contributed by atoms with Gasteiger partial charge in [-0.25, -0.2) is 0 Å². The maximum Gasteiger partial charge on any atom is 0.242 e. The van der Waals surface area contributed by atoms with Crippen LogP contribution < -0.4 is 10.6 Å². The van der Waals surface area contributed by atoms with Crippen LogP contribution >= 0.6 is 0 Å². The molecule has 0 saturated carbocycles. The average molecular weight is 343 g/mol. The Kier molecular flexibility index (Phi) is 6.08. The number of rotatable bonds is 7. The van der Waals surface area contributed by atoms with E-state index in [4.69, 9.17) is 0 Å². The molecule has 0 aliphatic carbocycles. The van der Waals surface area contributed by atoms with Crippen molar-refractivity contribution in [2.45, 2.75) is 57.7 Å². The summed E-state index contributed by atoms with van der Waals surface area (Å²) >= 11 is 0. The number of benzene rings is 1. The van der Waals surface area contributed by atoms with Crippen LogP contribution in [0.25, 0.3) is 0 Å². The molecular formula is C20H29N3O2. The van der Waals surface area contributed by atoms with E-state index in [9.17, 15) is 9.59 Å². The highest BCUT2D eigenvalue weighted by atomic mass is 16.2. The van der Waals surface area contributed by atoms with E-state index in [1.807, 2.05) is 37.3 Å². The molecular weight excluding hydrogens is 314 g/mol. The third-order valence-corrected chi connectivity index (χ3v) is 5.43. The van der Waals surface area contributed by atoms with Crippen LogP contribution in [0.4, 0.5) is 0 Å². The number of amides is 2. The largest absolute Gasteiger partial charge is 0.347 e. The zero-order valence-corrected chi connectivity index (χ0v) is 15.0. The van der Waals surface area contributed by atoms with Crippen molar-refractivity contribution < 1.29 is 9.59 Å². The highest BCUT2D eigenvalue weighted by Gasteiger charge is 2.34. The normalized spacial score (nSPS) is 24.8. The van der Waals surface area contributed by atoms with Crippen LogP contribution in [0.5, 0.6) is 0 Å². The number of piperidine rings is 1. The summed E-state index contributed by atoms with van der Waals surface area (Å²) in [5.74, 6) is 0.445. The van der Waals surface area contributed by atoms with Gasteiger partial charge in [0, 0.05) is 31.6 Å². The van der Waals surface area contributed by atoms with Crippen molar-refractivity contribution >= 4 is 11.8 Å². The van der Waals surface area contributed by atoms with Crippen LogP contribution in [0.15, 0.2) is 30.3 Å². The monoisotopic (exact) mass is 343 g/mol. The fourth-order valence-electron chi connectivity index (χ4n) is 4.14. The van der Waals surface area contributed by atoms with Gasteiger partial charge in [0.25, 0.3) is 0 Å². The number of nitrogens with one attached hydrogen (secondary N) is 2. The van der Waals surface area contributed by atoms with Gasteiger partial charge in [0.05, 0.1) is 6.54 Å². The van der Waals surface area contributed by atoms with E-state index in [1.165, 1.54) is 12.8 Å². The number of carbonyl (C=O) groups is 2. The lowest BCUT2D eigenvalue weighted by Gasteiger charge is -2.28. The molecule has 3 rings (SSSR count). The fourth-order valence-corrected chi connectivity index (χ4v) is 4.14. The predicted molar refractivity (Wildman–Crippen MR) is 97.8 cm³/mol. The van der Waals surface area contributed by atoms with Crippen LogP contribution in [-0.2, 0) is 16.1 Å². The van der Waals surface area contributed by atoms with Crippen LogP contribution in [0.1, 0.15) is 44.6 Å². The molecule has 2 amide bonds. The molecule has 2 atom stereocenters. The van der Waals surface area contributed by atoms with Gasteiger partial charge in [-0.3, -0.25) is 9.59 Å². The van der Waals surface area contributed by atoms with E-state index in [0.29, 0.717) is 37.5 Å². The van der Waals surface area contributed by atoms with Gasteiger partial charge in [-0.1, -0.05) is 30.3 Å². The summed E-state index contributed by atoms with van der Waals surface area (Å²) in [7, 11) is 0. The Morgan fingerprint density at radius 3 is 2.48 bits per heavy atom. The first-order chi connectivity index (χ1) is 12.1. The van der Waals surface area contributed by atoms with Crippen molar-refractivity contribution in [2.24, 2.45) is 5.92 Å². The van der Waals surface area contributed by atoms with Gasteiger partial charge in [0.2, 0.25) is 11.8 Å². The smallest absolute Gasteiger partial charge is 0.242 e. The summed E-state index contributed by atoms with van der Waals surface area (Å²) in [4.78, 5) is 26.4. The lowest BCUT2D eigenvalue weighted by Crippen LogP contribution is -2.42. The van der Waals surface area contributed by atoms with Gasteiger partial charge in [0.15, 0.2) is 0 Å². The summed E-state index contributed by atoms with van der Waals surface area (Å²) in [5.41, 5.74) is 1.11. The van der Waals surface area contributed by atoms with E-state index in [0.717, 1.165) is 18.4 Å². The maximum atomic E-state index is 12.4. The van der Waals surface area contributed by atoms with Gasteiger partial charge in [-0.05, 0) is 44.1 Å². The third kappa shape index (κ3) is 5.05. The number of nitrogens with zero attached hydrogens (tertiary/aromatic N) is 1. The standard InChI is InChI=1S/C20H29N3O2/c1-2-23(14-15-6-4-3-5-7-15)20(25)13-21-19(24)12-16-10-17-8-9-18(11-16)22-17/h3-7,16-18,22H,2,8-14H2,1H3,(H,21,24). The molecule has 2 saturated heterocycles. The first-order valence-electron chi connectivity index (χ1n) is 9.48. The molecule has 1 aromatic carbocycles. The second kappa shape index (κ2) is 8.48. The molecule has 2 aliphatic heterocycles. The Bertz CT molecular complexity index is 578. The van der Waals surface area contributed by atoms with E-state index in [1.54, 1.807) is 4.90 Å². The minimum absolute atomic E-state index is 0.00964. The zero-order chi connectivity index (χ0) is 17.6. The molecule has 1 aromatic rings. The van der Waals surface area contributed by atoms with E-state index >= 15 is 0 Å². The van der Waals surface area contributed by atoms with Crippen LogP contribution in [0.2, 0.25) is 0 Å². The molecule has 2 N–H and O–H groups in total.